The van der Waals surface area contributed by atoms with E-state index in [1.165, 1.54) is 0 Å². The average Bonchev–Trinajstić information content (AvgIpc) is 2.34. The molecule has 0 aromatic heterocycles. The maximum absolute atomic E-state index is 13.4. The Morgan fingerprint density at radius 1 is 1.42 bits per heavy atom. The van der Waals surface area contributed by atoms with Gasteiger partial charge in [0.15, 0.2) is 6.10 Å². The lowest BCUT2D eigenvalue weighted by Crippen LogP contribution is -2.45. The van der Waals surface area contributed by atoms with Crippen molar-refractivity contribution in [3.8, 4) is 0 Å². The summed E-state index contributed by atoms with van der Waals surface area (Å²) in [4.78, 5) is 23.2. The summed E-state index contributed by atoms with van der Waals surface area (Å²) >= 11 is 0. The van der Waals surface area contributed by atoms with Gasteiger partial charge < -0.3 is 14.6 Å². The highest BCUT2D eigenvalue weighted by atomic mass is 19.3. The summed E-state index contributed by atoms with van der Waals surface area (Å²) in [7, 11) is 0. The molecule has 110 valence electrons. The molecule has 0 bridgehead atoms. The smallest absolute Gasteiger partial charge is 0.410 e. The van der Waals surface area contributed by atoms with E-state index in [4.69, 9.17) is 9.84 Å². The van der Waals surface area contributed by atoms with Gasteiger partial charge >= 0.3 is 12.1 Å². The van der Waals surface area contributed by atoms with Crippen LogP contribution in [0.25, 0.3) is 0 Å². The topological polar surface area (TPSA) is 76.1 Å². The minimum atomic E-state index is -3.30. The number of nitrogens with zero attached hydrogens (tertiary/aromatic N) is 1. The largest absolute Gasteiger partial charge is 0.479 e. The molecular weight excluding hydrogens is 264 g/mol. The Balaban J connectivity index is 2.83. The summed E-state index contributed by atoms with van der Waals surface area (Å²) < 4.78 is 36.3. The molecule has 0 saturated carbocycles. The number of carbonyl (C=O) groups excluding carboxylic acids is 1. The molecule has 1 saturated heterocycles. The molecule has 0 radical (unpaired) electrons. The molecule has 1 atom stereocenters. The molecule has 1 N–H and O–H groups in total. The van der Waals surface area contributed by atoms with Gasteiger partial charge in [-0.05, 0) is 20.8 Å². The summed E-state index contributed by atoms with van der Waals surface area (Å²) in [5.74, 6) is -4.70. The Morgan fingerprint density at radius 2 is 2.00 bits per heavy atom. The molecule has 0 aromatic carbocycles. The van der Waals surface area contributed by atoms with Crippen molar-refractivity contribution in [3.63, 3.8) is 0 Å². The molecular formula is C11H17F2NO5. The van der Waals surface area contributed by atoms with Crippen molar-refractivity contribution in [3.05, 3.63) is 0 Å². The number of carboxylic acids is 1. The van der Waals surface area contributed by atoms with Crippen molar-refractivity contribution >= 4 is 12.1 Å². The molecule has 1 amide bonds. The van der Waals surface area contributed by atoms with Crippen LogP contribution >= 0.6 is 0 Å². The van der Waals surface area contributed by atoms with Crippen LogP contribution in [-0.2, 0) is 14.3 Å². The van der Waals surface area contributed by atoms with Gasteiger partial charge in [-0.15, -0.1) is 0 Å². The van der Waals surface area contributed by atoms with Gasteiger partial charge in [0.05, 0.1) is 13.1 Å². The lowest BCUT2D eigenvalue weighted by molar-refractivity contribution is -0.154. The van der Waals surface area contributed by atoms with Gasteiger partial charge in [-0.2, -0.15) is 0 Å². The molecule has 1 heterocycles. The highest BCUT2D eigenvalue weighted by molar-refractivity contribution is 5.74. The number of amides is 1. The molecule has 19 heavy (non-hydrogen) atoms. The van der Waals surface area contributed by atoms with E-state index in [-0.39, 0.29) is 0 Å². The Morgan fingerprint density at radius 3 is 2.47 bits per heavy atom. The van der Waals surface area contributed by atoms with Crippen molar-refractivity contribution in [1.82, 2.24) is 4.90 Å². The molecule has 0 aliphatic carbocycles. The van der Waals surface area contributed by atoms with E-state index in [1.807, 2.05) is 0 Å². The van der Waals surface area contributed by atoms with Crippen LogP contribution in [0.2, 0.25) is 0 Å². The van der Waals surface area contributed by atoms with E-state index in [1.54, 1.807) is 20.8 Å². The number of rotatable bonds is 1. The number of hydrogen-bond acceptors (Lipinski definition) is 4. The number of hydrogen-bond donors (Lipinski definition) is 1. The maximum atomic E-state index is 13.4. The normalized spacial score (nSPS) is 23.6. The zero-order chi connectivity index (χ0) is 14.8. The third kappa shape index (κ3) is 4.98. The van der Waals surface area contributed by atoms with Crippen LogP contribution in [0.5, 0.6) is 0 Å². The standard InChI is InChI=1S/C11H17F2NO5/c1-10(2,3)19-9(17)14-4-7(8(15)16)18-6-11(12,13)5-14/h7H,4-6H2,1-3H3,(H,15,16)/t7-/m0/s1. The summed E-state index contributed by atoms with van der Waals surface area (Å²) in [6.07, 6.45) is -2.47. The molecule has 0 unspecified atom stereocenters. The van der Waals surface area contributed by atoms with E-state index in [0.717, 1.165) is 0 Å². The maximum Gasteiger partial charge on any atom is 0.410 e. The number of ether oxygens (including phenoxy) is 2. The summed E-state index contributed by atoms with van der Waals surface area (Å²) in [6, 6.07) is 0. The van der Waals surface area contributed by atoms with Gasteiger partial charge in [-0.1, -0.05) is 0 Å². The summed E-state index contributed by atoms with van der Waals surface area (Å²) in [5, 5.41) is 8.82. The Kier molecular flexibility index (Phi) is 4.34. The van der Waals surface area contributed by atoms with Crippen LogP contribution in [0, 0.1) is 0 Å². The van der Waals surface area contributed by atoms with Crippen LogP contribution in [0.15, 0.2) is 0 Å². The van der Waals surface area contributed by atoms with Gasteiger partial charge in [0.2, 0.25) is 0 Å². The average molecular weight is 281 g/mol. The molecule has 1 rings (SSSR count). The summed E-state index contributed by atoms with van der Waals surface area (Å²) in [5.41, 5.74) is -0.849. The molecule has 1 aliphatic rings. The predicted octanol–water partition coefficient (Wildman–Crippen LogP) is 1.34. The molecule has 1 aliphatic heterocycles. The highest BCUT2D eigenvalue weighted by Gasteiger charge is 2.42. The number of halogens is 2. The monoisotopic (exact) mass is 281 g/mol. The van der Waals surface area contributed by atoms with E-state index >= 15 is 0 Å². The first-order valence-electron chi connectivity index (χ1n) is 5.70. The fourth-order valence-corrected chi connectivity index (χ4v) is 1.48. The zero-order valence-corrected chi connectivity index (χ0v) is 11.0. The van der Waals surface area contributed by atoms with Crippen molar-refractivity contribution in [1.29, 1.82) is 0 Å². The zero-order valence-electron chi connectivity index (χ0n) is 11.0. The van der Waals surface area contributed by atoms with E-state index in [2.05, 4.69) is 4.74 Å². The second-order valence-electron chi connectivity index (χ2n) is 5.35. The molecule has 6 nitrogen and oxygen atoms in total. The van der Waals surface area contributed by atoms with Crippen molar-refractivity contribution in [2.75, 3.05) is 19.7 Å². The third-order valence-corrected chi connectivity index (χ3v) is 2.23. The third-order valence-electron chi connectivity index (χ3n) is 2.23. The fraction of sp³-hybridized carbons (Fsp3) is 0.818. The van der Waals surface area contributed by atoms with E-state index in [0.29, 0.717) is 4.90 Å². The van der Waals surface area contributed by atoms with Gasteiger partial charge in [0.1, 0.15) is 12.2 Å². The number of carbonyl (C=O) groups is 2. The summed E-state index contributed by atoms with van der Waals surface area (Å²) in [6.45, 7) is 2.33. The molecule has 1 fully saturated rings. The van der Waals surface area contributed by atoms with Gasteiger partial charge in [-0.25, -0.2) is 18.4 Å². The van der Waals surface area contributed by atoms with E-state index in [9.17, 15) is 18.4 Å². The van der Waals surface area contributed by atoms with Crippen molar-refractivity contribution < 1.29 is 33.0 Å². The first-order chi connectivity index (χ1) is 8.50. The second-order valence-corrected chi connectivity index (χ2v) is 5.35. The first-order valence-corrected chi connectivity index (χ1v) is 5.70. The minimum Gasteiger partial charge on any atom is -0.479 e. The quantitative estimate of drug-likeness (QED) is 0.785. The number of alkyl halides is 2. The van der Waals surface area contributed by atoms with Crippen LogP contribution in [0.1, 0.15) is 20.8 Å². The Bertz CT molecular complexity index is 367. The molecule has 0 aromatic rings. The number of aliphatic carboxylic acids is 1. The lowest BCUT2D eigenvalue weighted by Gasteiger charge is -2.28. The highest BCUT2D eigenvalue weighted by Crippen LogP contribution is 2.22. The molecule has 0 spiro atoms. The lowest BCUT2D eigenvalue weighted by atomic mass is 10.2. The predicted molar refractivity (Wildman–Crippen MR) is 60.1 cm³/mol. The Labute approximate surface area is 109 Å². The van der Waals surface area contributed by atoms with Crippen LogP contribution < -0.4 is 0 Å². The fourth-order valence-electron chi connectivity index (χ4n) is 1.48. The van der Waals surface area contributed by atoms with Gasteiger partial charge in [0, 0.05) is 0 Å². The second kappa shape index (κ2) is 5.28. The Hall–Kier alpha value is -1.44. The van der Waals surface area contributed by atoms with Gasteiger partial charge in [0.25, 0.3) is 5.92 Å². The first kappa shape index (κ1) is 15.6. The van der Waals surface area contributed by atoms with Gasteiger partial charge in [-0.3, -0.25) is 4.90 Å². The molecule has 8 heteroatoms. The van der Waals surface area contributed by atoms with Crippen LogP contribution in [-0.4, -0.2) is 59.4 Å². The number of carboxylic acid groups (broad SMARTS) is 1. The minimum absolute atomic E-state index is 0.472. The SMILES string of the molecule is CC(C)(C)OC(=O)N1C[C@@H](C(=O)O)OCC(F)(F)C1. The van der Waals surface area contributed by atoms with E-state index < -0.39 is 49.4 Å². The van der Waals surface area contributed by atoms with Crippen LogP contribution in [0.4, 0.5) is 13.6 Å². The van der Waals surface area contributed by atoms with Crippen LogP contribution in [0.3, 0.4) is 0 Å². The van der Waals surface area contributed by atoms with Crippen molar-refractivity contribution in [2.24, 2.45) is 0 Å². The van der Waals surface area contributed by atoms with Crippen molar-refractivity contribution in [2.45, 2.75) is 38.4 Å².